The van der Waals surface area contributed by atoms with Crippen molar-refractivity contribution in [1.29, 1.82) is 0 Å². The summed E-state index contributed by atoms with van der Waals surface area (Å²) in [6, 6.07) is 24.0. The van der Waals surface area contributed by atoms with Crippen molar-refractivity contribution in [2.45, 2.75) is 31.8 Å². The number of hydrogen-bond donors (Lipinski definition) is 0. The van der Waals surface area contributed by atoms with Gasteiger partial charge in [-0.25, -0.2) is 0 Å². The molecule has 0 aliphatic carbocycles. The van der Waals surface area contributed by atoms with Crippen molar-refractivity contribution in [1.82, 2.24) is 0 Å². The van der Waals surface area contributed by atoms with Gasteiger partial charge in [-0.1, -0.05) is 60.7 Å². The van der Waals surface area contributed by atoms with Gasteiger partial charge in [0.1, 0.15) is 11.5 Å². The molecule has 1 aliphatic heterocycles. The van der Waals surface area contributed by atoms with Crippen LogP contribution in [-0.2, 0) is 4.79 Å². The van der Waals surface area contributed by atoms with Gasteiger partial charge in [0.05, 0.1) is 12.1 Å². The van der Waals surface area contributed by atoms with Gasteiger partial charge in [-0.05, 0) is 42.3 Å². The maximum Gasteiger partial charge on any atom is 0.573 e. The number of ether oxygens (including phenoxy) is 1. The molecule has 4 nitrogen and oxygen atoms in total. The molecular formula is C25H21F3N2O2. The largest absolute Gasteiger partial charge is 0.573 e. The molecule has 3 aromatic rings. The van der Waals surface area contributed by atoms with Crippen LogP contribution in [0.4, 0.5) is 18.9 Å². The highest BCUT2D eigenvalue weighted by Gasteiger charge is 2.39. The average Bonchev–Trinajstić information content (AvgIpc) is 3.10. The Labute approximate surface area is 184 Å². The van der Waals surface area contributed by atoms with Gasteiger partial charge < -0.3 is 4.74 Å². The Kier molecular flexibility index (Phi) is 5.99. The summed E-state index contributed by atoms with van der Waals surface area (Å²) in [7, 11) is 0. The molecular weight excluding hydrogens is 417 g/mol. The van der Waals surface area contributed by atoms with Crippen molar-refractivity contribution in [3.8, 4) is 5.75 Å². The highest BCUT2D eigenvalue weighted by atomic mass is 19.4. The molecule has 3 aromatic carbocycles. The Bertz CT molecular complexity index is 1100. The summed E-state index contributed by atoms with van der Waals surface area (Å²) in [5, 5.41) is 0. The number of rotatable bonds is 5. The summed E-state index contributed by atoms with van der Waals surface area (Å²) in [5.74, 6) is -0.595. The lowest BCUT2D eigenvalue weighted by atomic mass is 10.0. The molecule has 0 unspecified atom stereocenters. The molecule has 1 amide bonds. The third-order valence-electron chi connectivity index (χ3n) is 5.33. The van der Waals surface area contributed by atoms with Crippen LogP contribution in [0.5, 0.6) is 5.75 Å². The summed E-state index contributed by atoms with van der Waals surface area (Å²) in [5.41, 5.74) is 2.84. The van der Waals surface area contributed by atoms with Crippen LogP contribution in [0.25, 0.3) is 0 Å². The molecule has 4 rings (SSSR count). The van der Waals surface area contributed by atoms with E-state index in [-0.39, 0.29) is 23.7 Å². The Hall–Kier alpha value is -3.61. The second-order valence-electron chi connectivity index (χ2n) is 7.51. The normalized spacial score (nSPS) is 18.8. The van der Waals surface area contributed by atoms with Crippen LogP contribution in [0.1, 0.15) is 36.6 Å². The second kappa shape index (κ2) is 8.86. The van der Waals surface area contributed by atoms with E-state index in [4.69, 9.17) is 4.99 Å². The highest BCUT2D eigenvalue weighted by Crippen LogP contribution is 2.37. The predicted octanol–water partition coefficient (Wildman–Crippen LogP) is 6.27. The van der Waals surface area contributed by atoms with Crippen LogP contribution in [-0.4, -0.2) is 18.0 Å². The van der Waals surface area contributed by atoms with Crippen molar-refractivity contribution >= 4 is 17.3 Å². The number of aliphatic imine (C=N–C) groups is 1. The van der Waals surface area contributed by atoms with E-state index in [1.807, 2.05) is 67.6 Å². The van der Waals surface area contributed by atoms with E-state index in [0.29, 0.717) is 17.8 Å². The molecule has 0 spiro atoms. The van der Waals surface area contributed by atoms with Crippen LogP contribution in [0.3, 0.4) is 0 Å². The van der Waals surface area contributed by atoms with Gasteiger partial charge in [0.15, 0.2) is 0 Å². The fourth-order valence-electron chi connectivity index (χ4n) is 3.84. The molecule has 32 heavy (non-hydrogen) atoms. The number of alkyl halides is 3. The number of nitrogens with zero attached hydrogens (tertiary/aromatic N) is 2. The van der Waals surface area contributed by atoms with Crippen LogP contribution in [0, 0.1) is 0 Å². The molecule has 0 saturated carbocycles. The first-order chi connectivity index (χ1) is 15.3. The van der Waals surface area contributed by atoms with E-state index >= 15 is 0 Å². The van der Waals surface area contributed by atoms with E-state index in [1.54, 1.807) is 4.90 Å². The number of hydrogen-bond acceptors (Lipinski definition) is 3. The minimum Gasteiger partial charge on any atom is -0.406 e. The van der Waals surface area contributed by atoms with Gasteiger partial charge >= 0.3 is 6.36 Å². The van der Waals surface area contributed by atoms with Gasteiger partial charge in [-0.3, -0.25) is 14.7 Å². The van der Waals surface area contributed by atoms with Crippen LogP contribution >= 0.6 is 0 Å². The summed E-state index contributed by atoms with van der Waals surface area (Å²) in [6.07, 6.45) is -4.37. The fraction of sp³-hybridized carbons (Fsp3) is 0.200. The Balaban J connectivity index is 1.67. The average molecular weight is 438 g/mol. The lowest BCUT2D eigenvalue weighted by Crippen LogP contribution is -2.29. The highest BCUT2D eigenvalue weighted by molar-refractivity contribution is 6.46. The Morgan fingerprint density at radius 2 is 1.53 bits per heavy atom. The summed E-state index contributed by atoms with van der Waals surface area (Å²) < 4.78 is 41.4. The van der Waals surface area contributed by atoms with Gasteiger partial charge in [0.2, 0.25) is 0 Å². The second-order valence-corrected chi connectivity index (χ2v) is 7.51. The maximum atomic E-state index is 13.4. The third kappa shape index (κ3) is 4.82. The molecule has 1 aliphatic rings. The number of anilines is 1. The van der Waals surface area contributed by atoms with Crippen LogP contribution in [0.15, 0.2) is 89.9 Å². The van der Waals surface area contributed by atoms with E-state index < -0.39 is 6.36 Å². The van der Waals surface area contributed by atoms with Crippen LogP contribution in [0.2, 0.25) is 0 Å². The minimum atomic E-state index is -4.77. The maximum absolute atomic E-state index is 13.4. The summed E-state index contributed by atoms with van der Waals surface area (Å²) in [4.78, 5) is 19.6. The topological polar surface area (TPSA) is 41.9 Å². The number of halogens is 3. The van der Waals surface area contributed by atoms with Crippen molar-refractivity contribution in [2.24, 2.45) is 4.99 Å². The lowest BCUT2D eigenvalue weighted by Gasteiger charge is -2.25. The van der Waals surface area contributed by atoms with Crippen molar-refractivity contribution in [3.05, 3.63) is 96.1 Å². The van der Waals surface area contributed by atoms with Crippen molar-refractivity contribution in [3.63, 3.8) is 0 Å². The SMILES string of the molecule is C[C@@H](N=C1C[C@@H](c2ccccc2)N(c2ccc(OC(F)(F)F)cc2)C1=O)c1ccccc1. The zero-order chi connectivity index (χ0) is 22.7. The quantitative estimate of drug-likeness (QED) is 0.471. The first kappa shape index (κ1) is 21.6. The summed E-state index contributed by atoms with van der Waals surface area (Å²) >= 11 is 0. The van der Waals surface area contributed by atoms with Crippen LogP contribution < -0.4 is 9.64 Å². The standard InChI is InChI=1S/C25H21F3N2O2/c1-17(18-8-4-2-5-9-18)29-22-16-23(19-10-6-3-7-11-19)30(24(22)31)20-12-14-21(15-13-20)32-25(26,27)28/h2-15,17,23H,16H2,1H3/t17-,23+/m1/s1. The minimum absolute atomic E-state index is 0.200. The first-order valence-corrected chi connectivity index (χ1v) is 10.2. The zero-order valence-corrected chi connectivity index (χ0v) is 17.3. The number of benzene rings is 3. The van der Waals surface area contributed by atoms with Gasteiger partial charge in [0.25, 0.3) is 5.91 Å². The Morgan fingerprint density at radius 3 is 2.12 bits per heavy atom. The molecule has 0 bridgehead atoms. The van der Waals surface area contributed by atoms with Gasteiger partial charge in [-0.2, -0.15) is 0 Å². The van der Waals surface area contributed by atoms with E-state index in [0.717, 1.165) is 11.1 Å². The lowest BCUT2D eigenvalue weighted by molar-refractivity contribution is -0.274. The molecule has 1 saturated heterocycles. The number of carbonyl (C=O) groups is 1. The van der Waals surface area contributed by atoms with Crippen molar-refractivity contribution < 1.29 is 22.7 Å². The third-order valence-corrected chi connectivity index (χ3v) is 5.33. The number of carbonyl (C=O) groups excluding carboxylic acids is 1. The summed E-state index contributed by atoms with van der Waals surface area (Å²) in [6.45, 7) is 1.93. The van der Waals surface area contributed by atoms with E-state index in [2.05, 4.69) is 4.74 Å². The van der Waals surface area contributed by atoms with E-state index in [1.165, 1.54) is 24.3 Å². The molecule has 164 valence electrons. The number of amides is 1. The zero-order valence-electron chi connectivity index (χ0n) is 17.3. The molecule has 2 atom stereocenters. The molecule has 0 N–H and O–H groups in total. The fourth-order valence-corrected chi connectivity index (χ4v) is 3.84. The monoisotopic (exact) mass is 438 g/mol. The smallest absolute Gasteiger partial charge is 0.406 e. The molecule has 7 heteroatoms. The Morgan fingerprint density at radius 1 is 0.938 bits per heavy atom. The van der Waals surface area contributed by atoms with Gasteiger partial charge in [-0.15, -0.1) is 13.2 Å². The molecule has 0 radical (unpaired) electrons. The molecule has 0 aromatic heterocycles. The first-order valence-electron chi connectivity index (χ1n) is 10.2. The van der Waals surface area contributed by atoms with Gasteiger partial charge in [0, 0.05) is 12.1 Å². The molecule has 1 heterocycles. The molecule has 1 fully saturated rings. The van der Waals surface area contributed by atoms with E-state index in [9.17, 15) is 18.0 Å². The van der Waals surface area contributed by atoms with Crippen molar-refractivity contribution in [2.75, 3.05) is 4.90 Å². The predicted molar refractivity (Wildman–Crippen MR) is 117 cm³/mol.